The van der Waals surface area contributed by atoms with E-state index in [-0.39, 0.29) is 12.5 Å². The molecule has 0 aliphatic heterocycles. The molecule has 0 aliphatic carbocycles. The van der Waals surface area contributed by atoms with Crippen LogP contribution in [-0.4, -0.2) is 40.3 Å². The highest BCUT2D eigenvalue weighted by atomic mass is 32.2. The van der Waals surface area contributed by atoms with Gasteiger partial charge in [-0.1, -0.05) is 61.5 Å². The van der Waals surface area contributed by atoms with Gasteiger partial charge in [-0.2, -0.15) is 0 Å². The Morgan fingerprint density at radius 1 is 1.00 bits per heavy atom. The van der Waals surface area contributed by atoms with Crippen LogP contribution in [-0.2, 0) is 21.2 Å². The summed E-state index contributed by atoms with van der Waals surface area (Å²) in [6.07, 6.45) is 3.55. The fourth-order valence-corrected chi connectivity index (χ4v) is 4.43. The second-order valence-electron chi connectivity index (χ2n) is 7.68. The van der Waals surface area contributed by atoms with Gasteiger partial charge in [-0.15, -0.1) is 0 Å². The number of fused-ring (bicyclic) bond motifs is 1. The minimum absolute atomic E-state index is 0.261. The van der Waals surface area contributed by atoms with Crippen LogP contribution in [0.15, 0.2) is 66.7 Å². The van der Waals surface area contributed by atoms with Crippen LogP contribution in [0.3, 0.4) is 0 Å². The quantitative estimate of drug-likeness (QED) is 0.442. The summed E-state index contributed by atoms with van der Waals surface area (Å²) in [5.41, 5.74) is 1.60. The first-order chi connectivity index (χ1) is 15.4. The molecule has 7 heteroatoms. The van der Waals surface area contributed by atoms with Crippen molar-refractivity contribution in [3.8, 4) is 5.75 Å². The van der Waals surface area contributed by atoms with Crippen molar-refractivity contribution in [2.24, 2.45) is 0 Å². The van der Waals surface area contributed by atoms with Crippen molar-refractivity contribution in [2.45, 2.75) is 26.2 Å². The molecule has 0 saturated carbocycles. The minimum atomic E-state index is -3.64. The van der Waals surface area contributed by atoms with Crippen LogP contribution in [0.5, 0.6) is 5.75 Å². The van der Waals surface area contributed by atoms with Crippen LogP contribution in [0.1, 0.15) is 25.3 Å². The summed E-state index contributed by atoms with van der Waals surface area (Å²) in [5, 5.41) is 4.56. The molecule has 0 unspecified atom stereocenters. The van der Waals surface area contributed by atoms with Crippen molar-refractivity contribution in [3.05, 3.63) is 72.3 Å². The highest BCUT2D eigenvalue weighted by Gasteiger charge is 2.22. The number of sulfonamides is 1. The number of ether oxygens (including phenoxy) is 1. The highest BCUT2D eigenvalue weighted by molar-refractivity contribution is 7.92. The highest BCUT2D eigenvalue weighted by Crippen LogP contribution is 2.28. The van der Waals surface area contributed by atoms with E-state index in [9.17, 15) is 13.2 Å². The van der Waals surface area contributed by atoms with E-state index in [1.165, 1.54) is 4.31 Å². The number of carbonyl (C=O) groups excluding carboxylic acids is 1. The van der Waals surface area contributed by atoms with Gasteiger partial charge in [0.05, 0.1) is 18.6 Å². The number of carbonyl (C=O) groups is 1. The van der Waals surface area contributed by atoms with Crippen LogP contribution in [0.2, 0.25) is 0 Å². The van der Waals surface area contributed by atoms with Gasteiger partial charge in [0.25, 0.3) is 0 Å². The monoisotopic (exact) mass is 454 g/mol. The lowest BCUT2D eigenvalue weighted by Crippen LogP contribution is -2.40. The fraction of sp³-hybridized carbons (Fsp3) is 0.320. The average molecular weight is 455 g/mol. The predicted octanol–water partition coefficient (Wildman–Crippen LogP) is 4.14. The zero-order valence-corrected chi connectivity index (χ0v) is 19.4. The zero-order chi connectivity index (χ0) is 23.0. The lowest BCUT2D eigenvalue weighted by molar-refractivity contribution is -0.119. The summed E-state index contributed by atoms with van der Waals surface area (Å²) >= 11 is 0. The van der Waals surface area contributed by atoms with Gasteiger partial charge in [0, 0.05) is 11.9 Å². The molecular weight excluding hydrogens is 424 g/mol. The van der Waals surface area contributed by atoms with Gasteiger partial charge < -0.3 is 10.1 Å². The topological polar surface area (TPSA) is 75.7 Å². The molecule has 0 fully saturated rings. The Balaban J connectivity index is 1.61. The molecule has 32 heavy (non-hydrogen) atoms. The Bertz CT molecular complexity index is 1160. The van der Waals surface area contributed by atoms with E-state index in [4.69, 9.17) is 4.74 Å². The first-order valence-corrected chi connectivity index (χ1v) is 12.7. The maximum Gasteiger partial charge on any atom is 0.240 e. The first-order valence-electron chi connectivity index (χ1n) is 10.8. The molecule has 0 radical (unpaired) electrons. The van der Waals surface area contributed by atoms with Gasteiger partial charge >= 0.3 is 0 Å². The van der Waals surface area contributed by atoms with Gasteiger partial charge in [-0.05, 0) is 42.3 Å². The van der Waals surface area contributed by atoms with E-state index >= 15 is 0 Å². The van der Waals surface area contributed by atoms with Crippen molar-refractivity contribution < 1.29 is 17.9 Å². The molecule has 0 saturated heterocycles. The lowest BCUT2D eigenvalue weighted by atomic mass is 10.1. The van der Waals surface area contributed by atoms with Crippen LogP contribution in [0.25, 0.3) is 10.8 Å². The molecule has 0 aromatic heterocycles. The van der Waals surface area contributed by atoms with Gasteiger partial charge in [-0.25, -0.2) is 8.42 Å². The number of benzene rings is 3. The molecule has 1 amide bonds. The van der Waals surface area contributed by atoms with E-state index in [1.54, 1.807) is 12.1 Å². The fourth-order valence-electron chi connectivity index (χ4n) is 3.56. The van der Waals surface area contributed by atoms with E-state index in [0.29, 0.717) is 18.8 Å². The summed E-state index contributed by atoms with van der Waals surface area (Å²) in [7, 11) is -3.64. The van der Waals surface area contributed by atoms with Crippen molar-refractivity contribution in [1.29, 1.82) is 0 Å². The SMILES string of the molecule is CCCOc1ccccc1CCCNC(=O)CN(c1cccc2ccccc12)S(C)(=O)=O. The maximum atomic E-state index is 12.6. The molecule has 0 aliphatic rings. The first kappa shape index (κ1) is 23.6. The lowest BCUT2D eigenvalue weighted by Gasteiger charge is -2.23. The zero-order valence-electron chi connectivity index (χ0n) is 18.6. The summed E-state index contributed by atoms with van der Waals surface area (Å²) in [4.78, 5) is 12.6. The Morgan fingerprint density at radius 2 is 1.72 bits per heavy atom. The number of amides is 1. The van der Waals surface area contributed by atoms with Crippen LogP contribution >= 0.6 is 0 Å². The largest absolute Gasteiger partial charge is 0.493 e. The molecule has 0 spiro atoms. The summed E-state index contributed by atoms with van der Waals surface area (Å²) < 4.78 is 31.9. The Labute approximate surface area is 190 Å². The Hall–Kier alpha value is -3.06. The van der Waals surface area contributed by atoms with Crippen LogP contribution in [0, 0.1) is 0 Å². The smallest absolute Gasteiger partial charge is 0.240 e. The standard InChI is InChI=1S/C25H30N2O4S/c1-3-18-31-24-16-7-5-11-21(24)13-9-17-26-25(28)19-27(32(2,29)30)23-15-8-12-20-10-4-6-14-22(20)23/h4-8,10-12,14-16H,3,9,13,17-19H2,1-2H3,(H,26,28). The molecule has 170 valence electrons. The minimum Gasteiger partial charge on any atom is -0.493 e. The van der Waals surface area contributed by atoms with Gasteiger partial charge in [0.2, 0.25) is 15.9 Å². The van der Waals surface area contributed by atoms with Gasteiger partial charge in [0.15, 0.2) is 0 Å². The number of hydrogen-bond donors (Lipinski definition) is 1. The van der Waals surface area contributed by atoms with Crippen molar-refractivity contribution in [3.63, 3.8) is 0 Å². The van der Waals surface area contributed by atoms with Gasteiger partial charge in [0.1, 0.15) is 12.3 Å². The van der Waals surface area contributed by atoms with Crippen molar-refractivity contribution in [2.75, 3.05) is 30.3 Å². The second kappa shape index (κ2) is 11.0. The number of rotatable bonds is 11. The van der Waals surface area contributed by atoms with E-state index in [1.807, 2.05) is 54.6 Å². The molecule has 0 atom stereocenters. The van der Waals surface area contributed by atoms with Crippen molar-refractivity contribution in [1.82, 2.24) is 5.32 Å². The molecule has 0 bridgehead atoms. The normalized spacial score (nSPS) is 11.3. The van der Waals surface area contributed by atoms with E-state index in [2.05, 4.69) is 12.2 Å². The molecule has 1 N–H and O–H groups in total. The third-order valence-electron chi connectivity index (χ3n) is 5.10. The van der Waals surface area contributed by atoms with E-state index in [0.717, 1.165) is 47.6 Å². The number of hydrogen-bond acceptors (Lipinski definition) is 4. The number of nitrogens with one attached hydrogen (secondary N) is 1. The predicted molar refractivity (Wildman–Crippen MR) is 130 cm³/mol. The number of anilines is 1. The molecular formula is C25H30N2O4S. The summed E-state index contributed by atoms with van der Waals surface area (Å²) in [6.45, 7) is 2.93. The second-order valence-corrected chi connectivity index (χ2v) is 9.58. The van der Waals surface area contributed by atoms with E-state index < -0.39 is 10.0 Å². The van der Waals surface area contributed by atoms with Gasteiger partial charge in [-0.3, -0.25) is 9.10 Å². The summed E-state index contributed by atoms with van der Waals surface area (Å²) in [6, 6.07) is 20.9. The van der Waals surface area contributed by atoms with Crippen LogP contribution < -0.4 is 14.4 Å². The average Bonchev–Trinajstić information content (AvgIpc) is 2.78. The molecule has 3 rings (SSSR count). The number of nitrogens with zero attached hydrogens (tertiary/aromatic N) is 1. The number of para-hydroxylation sites is 1. The Kier molecular flexibility index (Phi) is 8.11. The maximum absolute atomic E-state index is 12.6. The molecule has 3 aromatic carbocycles. The molecule has 3 aromatic rings. The van der Waals surface area contributed by atoms with Crippen molar-refractivity contribution >= 4 is 32.4 Å². The van der Waals surface area contributed by atoms with Crippen LogP contribution in [0.4, 0.5) is 5.69 Å². The third kappa shape index (κ3) is 6.23. The molecule has 6 nitrogen and oxygen atoms in total. The Morgan fingerprint density at radius 3 is 2.50 bits per heavy atom. The molecule has 0 heterocycles. The number of aryl methyl sites for hydroxylation is 1. The summed E-state index contributed by atoms with van der Waals surface area (Å²) in [5.74, 6) is 0.541. The third-order valence-corrected chi connectivity index (χ3v) is 6.23.